The molecule has 0 saturated carbocycles. The Bertz CT molecular complexity index is 1060. The van der Waals surface area contributed by atoms with E-state index in [1.54, 1.807) is 32.9 Å². The van der Waals surface area contributed by atoms with Crippen LogP contribution in [0.25, 0.3) is 0 Å². The van der Waals surface area contributed by atoms with Gasteiger partial charge in [-0.25, -0.2) is 17.9 Å². The van der Waals surface area contributed by atoms with Gasteiger partial charge >= 0.3 is 5.97 Å². The van der Waals surface area contributed by atoms with Crippen molar-refractivity contribution in [3.63, 3.8) is 0 Å². The summed E-state index contributed by atoms with van der Waals surface area (Å²) in [4.78, 5) is 24.6. The Labute approximate surface area is 181 Å². The number of hydrogen-bond acceptors (Lipinski definition) is 5. The van der Waals surface area contributed by atoms with Gasteiger partial charge in [-0.1, -0.05) is 29.8 Å². The molecule has 30 heavy (non-hydrogen) atoms. The van der Waals surface area contributed by atoms with Crippen LogP contribution in [0.15, 0.2) is 47.4 Å². The molecule has 0 aliphatic rings. The molecule has 0 spiro atoms. The molecule has 2 rings (SSSR count). The number of rotatable bonds is 6. The van der Waals surface area contributed by atoms with Gasteiger partial charge in [-0.15, -0.1) is 0 Å². The first-order valence-electron chi connectivity index (χ1n) is 9.21. The van der Waals surface area contributed by atoms with Gasteiger partial charge in [0.25, 0.3) is 5.91 Å². The Kier molecular flexibility index (Phi) is 7.28. The predicted octanol–water partition coefficient (Wildman–Crippen LogP) is 3.91. The summed E-state index contributed by atoms with van der Waals surface area (Å²) in [6.45, 7) is 8.33. The fourth-order valence-corrected chi connectivity index (χ4v) is 4.47. The van der Waals surface area contributed by atoms with Gasteiger partial charge in [0.05, 0.1) is 10.6 Å². The van der Waals surface area contributed by atoms with Crippen molar-refractivity contribution in [2.24, 2.45) is 0 Å². The lowest BCUT2D eigenvalue weighted by molar-refractivity contribution is -0.123. The van der Waals surface area contributed by atoms with Crippen LogP contribution in [-0.4, -0.2) is 31.9 Å². The number of benzene rings is 2. The minimum absolute atomic E-state index is 0.0337. The molecular formula is C21H25ClN2O5S. The zero-order valence-corrected chi connectivity index (χ0v) is 19.0. The smallest absolute Gasteiger partial charge is 0.338 e. The summed E-state index contributed by atoms with van der Waals surface area (Å²) in [5.41, 5.74) is 0.701. The molecular weight excluding hydrogens is 428 g/mol. The van der Waals surface area contributed by atoms with Crippen LogP contribution in [0.3, 0.4) is 0 Å². The molecule has 0 saturated heterocycles. The molecule has 1 atom stereocenters. The zero-order chi connectivity index (χ0) is 22.7. The number of sulfonamides is 1. The summed E-state index contributed by atoms with van der Waals surface area (Å²) >= 11 is 6.04. The summed E-state index contributed by atoms with van der Waals surface area (Å²) < 4.78 is 32.9. The van der Waals surface area contributed by atoms with E-state index in [9.17, 15) is 18.0 Å². The van der Waals surface area contributed by atoms with Gasteiger partial charge in [-0.2, -0.15) is 0 Å². The van der Waals surface area contributed by atoms with Crippen LogP contribution in [0.5, 0.6) is 0 Å². The molecule has 2 aromatic carbocycles. The standard InChI is InChI=1S/C21H25ClN2O5S/c1-13-8-6-7-9-17(13)23-19(25)14(2)29-20(26)15-10-11-16(22)18(12-15)30(27,28)24-21(3,4)5/h6-12,14,24H,1-5H3,(H,23,25). The van der Waals surface area contributed by atoms with Crippen LogP contribution in [0.2, 0.25) is 5.02 Å². The lowest BCUT2D eigenvalue weighted by atomic mass is 10.1. The van der Waals surface area contributed by atoms with Crippen LogP contribution in [0, 0.1) is 6.92 Å². The average molecular weight is 453 g/mol. The highest BCUT2D eigenvalue weighted by Gasteiger charge is 2.26. The highest BCUT2D eigenvalue weighted by atomic mass is 35.5. The third-order valence-corrected chi connectivity index (χ3v) is 6.19. The fraction of sp³-hybridized carbons (Fsp3) is 0.333. The second kappa shape index (κ2) is 9.16. The SMILES string of the molecule is Cc1ccccc1NC(=O)C(C)OC(=O)c1ccc(Cl)c(S(=O)(=O)NC(C)(C)C)c1. The van der Waals surface area contributed by atoms with Gasteiger partial charge in [0.2, 0.25) is 10.0 Å². The van der Waals surface area contributed by atoms with E-state index in [1.165, 1.54) is 19.1 Å². The number of nitrogens with one attached hydrogen (secondary N) is 2. The summed E-state index contributed by atoms with van der Waals surface area (Å²) in [6.07, 6.45) is -1.10. The number of amides is 1. The van der Waals surface area contributed by atoms with Crippen molar-refractivity contribution >= 4 is 39.2 Å². The molecule has 2 aromatic rings. The van der Waals surface area contributed by atoms with Gasteiger partial charge < -0.3 is 10.1 Å². The average Bonchev–Trinajstić information content (AvgIpc) is 2.61. The van der Waals surface area contributed by atoms with E-state index < -0.39 is 33.5 Å². The second-order valence-electron chi connectivity index (χ2n) is 7.85. The number of para-hydroxylation sites is 1. The Morgan fingerprint density at radius 3 is 2.33 bits per heavy atom. The van der Waals surface area contributed by atoms with E-state index in [4.69, 9.17) is 16.3 Å². The van der Waals surface area contributed by atoms with E-state index in [0.29, 0.717) is 5.69 Å². The molecule has 0 bridgehead atoms. The first-order valence-corrected chi connectivity index (χ1v) is 11.1. The number of halogens is 1. The van der Waals surface area contributed by atoms with E-state index >= 15 is 0 Å². The molecule has 2 N–H and O–H groups in total. The second-order valence-corrected chi connectivity index (χ2v) is 9.91. The van der Waals surface area contributed by atoms with Crippen LogP contribution in [-0.2, 0) is 19.6 Å². The fourth-order valence-electron chi connectivity index (χ4n) is 2.52. The molecule has 0 aromatic heterocycles. The summed E-state index contributed by atoms with van der Waals surface area (Å²) in [6, 6.07) is 11.0. The molecule has 162 valence electrons. The van der Waals surface area contributed by atoms with Crippen molar-refractivity contribution in [1.29, 1.82) is 0 Å². The van der Waals surface area contributed by atoms with Crippen LogP contribution >= 0.6 is 11.6 Å². The number of ether oxygens (including phenoxy) is 1. The minimum Gasteiger partial charge on any atom is -0.449 e. The van der Waals surface area contributed by atoms with E-state index in [0.717, 1.165) is 11.6 Å². The summed E-state index contributed by atoms with van der Waals surface area (Å²) in [7, 11) is -3.96. The number of carbonyl (C=O) groups is 2. The van der Waals surface area contributed by atoms with Crippen molar-refractivity contribution in [1.82, 2.24) is 4.72 Å². The highest BCUT2D eigenvalue weighted by Crippen LogP contribution is 2.24. The molecule has 9 heteroatoms. The van der Waals surface area contributed by atoms with E-state index in [-0.39, 0.29) is 15.5 Å². The largest absolute Gasteiger partial charge is 0.449 e. The van der Waals surface area contributed by atoms with Gasteiger partial charge in [-0.3, -0.25) is 4.79 Å². The van der Waals surface area contributed by atoms with E-state index in [1.807, 2.05) is 19.1 Å². The molecule has 0 fully saturated rings. The van der Waals surface area contributed by atoms with Crippen molar-refractivity contribution in [3.05, 3.63) is 58.6 Å². The topological polar surface area (TPSA) is 102 Å². The van der Waals surface area contributed by atoms with E-state index in [2.05, 4.69) is 10.0 Å². The highest BCUT2D eigenvalue weighted by molar-refractivity contribution is 7.89. The van der Waals surface area contributed by atoms with Crippen LogP contribution < -0.4 is 10.0 Å². The van der Waals surface area contributed by atoms with Crippen LogP contribution in [0.1, 0.15) is 43.6 Å². The van der Waals surface area contributed by atoms with Gasteiger partial charge in [0.1, 0.15) is 4.90 Å². The predicted molar refractivity (Wildman–Crippen MR) is 116 cm³/mol. The van der Waals surface area contributed by atoms with Crippen LogP contribution in [0.4, 0.5) is 5.69 Å². The molecule has 1 amide bonds. The third kappa shape index (κ3) is 6.29. The Morgan fingerprint density at radius 2 is 1.73 bits per heavy atom. The van der Waals surface area contributed by atoms with Crippen molar-refractivity contribution in [2.45, 2.75) is 51.2 Å². The lowest BCUT2D eigenvalue weighted by Gasteiger charge is -2.21. The molecule has 7 nitrogen and oxygen atoms in total. The molecule has 0 heterocycles. The summed E-state index contributed by atoms with van der Waals surface area (Å²) in [5, 5.41) is 2.66. The number of anilines is 1. The maximum Gasteiger partial charge on any atom is 0.338 e. The van der Waals surface area contributed by atoms with Crippen molar-refractivity contribution in [3.8, 4) is 0 Å². The monoisotopic (exact) mass is 452 g/mol. The quantitative estimate of drug-likeness (QED) is 0.647. The lowest BCUT2D eigenvalue weighted by Crippen LogP contribution is -2.40. The Hall–Kier alpha value is -2.42. The first-order chi connectivity index (χ1) is 13.8. The van der Waals surface area contributed by atoms with Crippen molar-refractivity contribution < 1.29 is 22.7 Å². The minimum atomic E-state index is -3.96. The normalized spacial score (nSPS) is 12.9. The molecule has 0 aliphatic heterocycles. The number of aryl methyl sites for hydroxylation is 1. The molecule has 1 unspecified atom stereocenters. The number of hydrogen-bond donors (Lipinski definition) is 2. The maximum absolute atomic E-state index is 12.6. The third-order valence-electron chi connectivity index (χ3n) is 3.95. The van der Waals surface area contributed by atoms with Gasteiger partial charge in [0.15, 0.2) is 6.10 Å². The Morgan fingerprint density at radius 1 is 1.10 bits per heavy atom. The number of esters is 1. The van der Waals surface area contributed by atoms with Gasteiger partial charge in [0, 0.05) is 11.2 Å². The Balaban J connectivity index is 2.17. The molecule has 0 aliphatic carbocycles. The van der Waals surface area contributed by atoms with Gasteiger partial charge in [-0.05, 0) is 64.4 Å². The first kappa shape index (κ1) is 23.9. The molecule has 0 radical (unpaired) electrons. The van der Waals surface area contributed by atoms with Crippen molar-refractivity contribution in [2.75, 3.05) is 5.32 Å². The zero-order valence-electron chi connectivity index (χ0n) is 17.4. The number of carbonyl (C=O) groups excluding carboxylic acids is 2. The summed E-state index contributed by atoms with van der Waals surface area (Å²) in [5.74, 6) is -1.35. The maximum atomic E-state index is 12.6.